The lowest BCUT2D eigenvalue weighted by Crippen LogP contribution is -2.57. The molecule has 5 nitrogen and oxygen atoms in total. The topological polar surface area (TPSA) is 64.6 Å². The molecule has 5 heteroatoms. The van der Waals surface area contributed by atoms with E-state index in [0.717, 1.165) is 11.8 Å². The van der Waals surface area contributed by atoms with Gasteiger partial charge < -0.3 is 10.1 Å². The van der Waals surface area contributed by atoms with Crippen LogP contribution in [0.4, 0.5) is 0 Å². The van der Waals surface area contributed by atoms with Crippen molar-refractivity contribution in [3.63, 3.8) is 0 Å². The van der Waals surface area contributed by atoms with Gasteiger partial charge in [0.05, 0.1) is 0 Å². The summed E-state index contributed by atoms with van der Waals surface area (Å²) in [6, 6.07) is 9.41. The Kier molecular flexibility index (Phi) is 7.21. The smallest absolute Gasteiger partial charge is 0.304 e. The SMILES string of the molecule is CN[C@@](CC(C)C)(C(=O)OOCc1ccccc1)C(C)C=O. The van der Waals surface area contributed by atoms with Gasteiger partial charge in [-0.1, -0.05) is 51.1 Å². The molecular weight excluding hydrogens is 282 g/mol. The van der Waals surface area contributed by atoms with Gasteiger partial charge in [-0.3, -0.25) is 4.89 Å². The standard InChI is InChI=1S/C17H25NO4/c1-13(2)10-17(18-4,14(3)11-19)16(20)22-21-12-15-8-6-5-7-9-15/h5-9,11,13-14,18H,10,12H2,1-4H3/t14?,17-/m1/s1. The highest BCUT2D eigenvalue weighted by atomic mass is 17.2. The van der Waals surface area contributed by atoms with E-state index < -0.39 is 17.4 Å². The Balaban J connectivity index is 2.72. The highest BCUT2D eigenvalue weighted by Gasteiger charge is 2.45. The van der Waals surface area contributed by atoms with Crippen molar-refractivity contribution in [2.24, 2.45) is 11.8 Å². The highest BCUT2D eigenvalue weighted by Crippen LogP contribution is 2.26. The zero-order chi connectivity index (χ0) is 16.6. The van der Waals surface area contributed by atoms with E-state index in [-0.39, 0.29) is 12.5 Å². The molecule has 0 heterocycles. The fourth-order valence-electron chi connectivity index (χ4n) is 2.45. The van der Waals surface area contributed by atoms with Crippen LogP contribution in [0.15, 0.2) is 30.3 Å². The summed E-state index contributed by atoms with van der Waals surface area (Å²) in [5, 5.41) is 2.96. The first-order valence-corrected chi connectivity index (χ1v) is 7.48. The second kappa shape index (κ2) is 8.66. The molecule has 0 radical (unpaired) electrons. The summed E-state index contributed by atoms with van der Waals surface area (Å²) in [5.41, 5.74) is -0.176. The summed E-state index contributed by atoms with van der Waals surface area (Å²) in [7, 11) is 1.65. The molecule has 1 rings (SSSR count). The summed E-state index contributed by atoms with van der Waals surface area (Å²) in [6.45, 7) is 5.84. The number of nitrogens with one attached hydrogen (secondary N) is 1. The van der Waals surface area contributed by atoms with Gasteiger partial charge in [-0.2, -0.15) is 4.89 Å². The van der Waals surface area contributed by atoms with Crippen LogP contribution in [-0.2, 0) is 26.0 Å². The third-order valence-corrected chi connectivity index (χ3v) is 3.73. The number of hydrogen-bond acceptors (Lipinski definition) is 5. The summed E-state index contributed by atoms with van der Waals surface area (Å²) in [6.07, 6.45) is 1.24. The molecular formula is C17H25NO4. The molecule has 1 N–H and O–H groups in total. The molecule has 122 valence electrons. The Bertz CT molecular complexity index is 475. The van der Waals surface area contributed by atoms with Crippen LogP contribution in [0.2, 0.25) is 0 Å². The normalized spacial score (nSPS) is 15.1. The van der Waals surface area contributed by atoms with Gasteiger partial charge in [0.2, 0.25) is 0 Å². The molecule has 1 aromatic rings. The van der Waals surface area contributed by atoms with Crippen molar-refractivity contribution in [3.05, 3.63) is 35.9 Å². The third kappa shape index (κ3) is 4.64. The molecule has 0 amide bonds. The molecule has 0 saturated carbocycles. The van der Waals surface area contributed by atoms with Crippen molar-refractivity contribution in [1.82, 2.24) is 5.32 Å². The number of carbonyl (C=O) groups excluding carboxylic acids is 2. The highest BCUT2D eigenvalue weighted by molar-refractivity contribution is 5.84. The Hall–Kier alpha value is -1.72. The van der Waals surface area contributed by atoms with Crippen molar-refractivity contribution in [2.45, 2.75) is 39.3 Å². The maximum Gasteiger partial charge on any atom is 0.362 e. The Morgan fingerprint density at radius 2 is 1.91 bits per heavy atom. The molecule has 1 unspecified atom stereocenters. The largest absolute Gasteiger partial charge is 0.362 e. The lowest BCUT2D eigenvalue weighted by atomic mass is 9.79. The Morgan fingerprint density at radius 3 is 2.41 bits per heavy atom. The molecule has 0 aromatic heterocycles. The van der Waals surface area contributed by atoms with Crippen molar-refractivity contribution in [2.75, 3.05) is 7.05 Å². The second-order valence-electron chi connectivity index (χ2n) is 5.86. The van der Waals surface area contributed by atoms with E-state index in [1.807, 2.05) is 44.2 Å². The summed E-state index contributed by atoms with van der Waals surface area (Å²) < 4.78 is 0. The third-order valence-electron chi connectivity index (χ3n) is 3.73. The Morgan fingerprint density at radius 1 is 1.27 bits per heavy atom. The van der Waals surface area contributed by atoms with Gasteiger partial charge in [0, 0.05) is 5.92 Å². The Labute approximate surface area is 131 Å². The van der Waals surface area contributed by atoms with Crippen LogP contribution in [0.3, 0.4) is 0 Å². The van der Waals surface area contributed by atoms with Gasteiger partial charge in [0.25, 0.3) is 0 Å². The fourth-order valence-corrected chi connectivity index (χ4v) is 2.45. The van der Waals surface area contributed by atoms with Gasteiger partial charge in [-0.25, -0.2) is 4.79 Å². The van der Waals surface area contributed by atoms with E-state index in [1.165, 1.54) is 0 Å². The van der Waals surface area contributed by atoms with Crippen molar-refractivity contribution in [1.29, 1.82) is 0 Å². The molecule has 1 aromatic carbocycles. The molecule has 0 spiro atoms. The first kappa shape index (κ1) is 18.3. The van der Waals surface area contributed by atoms with Crippen LogP contribution in [-0.4, -0.2) is 24.8 Å². The summed E-state index contributed by atoms with van der Waals surface area (Å²) in [4.78, 5) is 33.7. The minimum absolute atomic E-state index is 0.170. The molecule has 0 aliphatic heterocycles. The number of hydrogen-bond donors (Lipinski definition) is 1. The maximum atomic E-state index is 12.5. The molecule has 0 aliphatic carbocycles. The minimum atomic E-state index is -1.08. The van der Waals surface area contributed by atoms with Crippen LogP contribution in [0.1, 0.15) is 32.8 Å². The minimum Gasteiger partial charge on any atom is -0.304 e. The summed E-state index contributed by atoms with van der Waals surface area (Å²) in [5.74, 6) is -0.872. The maximum absolute atomic E-state index is 12.5. The van der Waals surface area contributed by atoms with E-state index in [0.29, 0.717) is 6.42 Å². The van der Waals surface area contributed by atoms with E-state index in [4.69, 9.17) is 9.78 Å². The van der Waals surface area contributed by atoms with Crippen LogP contribution in [0, 0.1) is 11.8 Å². The van der Waals surface area contributed by atoms with Gasteiger partial charge in [-0.15, -0.1) is 0 Å². The molecule has 0 saturated heterocycles. The van der Waals surface area contributed by atoms with Crippen LogP contribution < -0.4 is 5.32 Å². The predicted octanol–water partition coefficient (Wildman–Crippen LogP) is 2.50. The molecule has 22 heavy (non-hydrogen) atoms. The average Bonchev–Trinajstić information content (AvgIpc) is 2.52. The molecule has 2 atom stereocenters. The average molecular weight is 307 g/mol. The van der Waals surface area contributed by atoms with Crippen LogP contribution in [0.5, 0.6) is 0 Å². The first-order chi connectivity index (χ1) is 10.5. The number of aldehydes is 1. The zero-order valence-electron chi connectivity index (χ0n) is 13.7. The molecule has 0 bridgehead atoms. The zero-order valence-corrected chi connectivity index (χ0v) is 13.7. The fraction of sp³-hybridized carbons (Fsp3) is 0.529. The number of carbonyl (C=O) groups is 2. The second-order valence-corrected chi connectivity index (χ2v) is 5.86. The lowest BCUT2D eigenvalue weighted by Gasteiger charge is -2.34. The van der Waals surface area contributed by atoms with Gasteiger partial charge in [0.15, 0.2) is 0 Å². The number of benzene rings is 1. The van der Waals surface area contributed by atoms with Gasteiger partial charge >= 0.3 is 5.97 Å². The van der Waals surface area contributed by atoms with E-state index in [2.05, 4.69) is 5.32 Å². The van der Waals surface area contributed by atoms with Gasteiger partial charge in [-0.05, 0) is 24.9 Å². The molecule has 0 aliphatic rings. The monoisotopic (exact) mass is 307 g/mol. The number of likely N-dealkylation sites (N-methyl/N-ethyl adjacent to an activating group) is 1. The van der Waals surface area contributed by atoms with E-state index in [1.54, 1.807) is 14.0 Å². The van der Waals surface area contributed by atoms with Crippen LogP contribution in [0.25, 0.3) is 0 Å². The van der Waals surface area contributed by atoms with Crippen molar-refractivity contribution < 1.29 is 19.4 Å². The van der Waals surface area contributed by atoms with Crippen LogP contribution >= 0.6 is 0 Å². The van der Waals surface area contributed by atoms with Crippen molar-refractivity contribution in [3.8, 4) is 0 Å². The van der Waals surface area contributed by atoms with E-state index >= 15 is 0 Å². The van der Waals surface area contributed by atoms with Crippen molar-refractivity contribution >= 4 is 12.3 Å². The lowest BCUT2D eigenvalue weighted by molar-refractivity contribution is -0.286. The quantitative estimate of drug-likeness (QED) is 0.431. The van der Waals surface area contributed by atoms with Gasteiger partial charge in [0.1, 0.15) is 18.4 Å². The summed E-state index contributed by atoms with van der Waals surface area (Å²) >= 11 is 0. The predicted molar refractivity (Wildman–Crippen MR) is 83.8 cm³/mol. The van der Waals surface area contributed by atoms with E-state index in [9.17, 15) is 9.59 Å². The first-order valence-electron chi connectivity index (χ1n) is 7.48. The number of rotatable bonds is 9. The molecule has 0 fully saturated rings.